The molecule has 2 atom stereocenters. The lowest BCUT2D eigenvalue weighted by Crippen LogP contribution is -2.46. The number of urea groups is 1. The van der Waals surface area contributed by atoms with Gasteiger partial charge in [0.2, 0.25) is 0 Å². The normalized spacial score (nSPS) is 19.3. The number of aliphatic carboxylic acids is 1. The van der Waals surface area contributed by atoms with Crippen molar-refractivity contribution >= 4 is 23.5 Å². The minimum absolute atomic E-state index is 0.181. The average Bonchev–Trinajstić information content (AvgIpc) is 2.83. The van der Waals surface area contributed by atoms with Gasteiger partial charge in [0.25, 0.3) is 0 Å². The van der Waals surface area contributed by atoms with Crippen LogP contribution < -0.4 is 15.5 Å². The number of anilines is 2. The number of amides is 2. The molecule has 182 valence electrons. The number of ether oxygens (including phenoxy) is 1. The number of carbonyl (C=O) groups is 2. The maximum atomic E-state index is 11.8. The Kier molecular flexibility index (Phi) is 7.28. The number of aromatic nitrogens is 2. The van der Waals surface area contributed by atoms with Gasteiger partial charge in [-0.3, -0.25) is 9.69 Å². The van der Waals surface area contributed by atoms with Crippen LogP contribution in [0.5, 0.6) is 0 Å². The topological polar surface area (TPSA) is 120 Å². The van der Waals surface area contributed by atoms with Crippen LogP contribution in [0.3, 0.4) is 0 Å². The average molecular weight is 469 g/mol. The molecule has 0 bridgehead atoms. The highest BCUT2D eigenvalue weighted by molar-refractivity contribution is 5.89. The second-order valence-corrected chi connectivity index (χ2v) is 8.71. The van der Waals surface area contributed by atoms with Crippen molar-refractivity contribution in [1.82, 2.24) is 20.2 Å². The summed E-state index contributed by atoms with van der Waals surface area (Å²) in [5, 5.41) is 15.0. The summed E-state index contributed by atoms with van der Waals surface area (Å²) in [7, 11) is 0. The quantitative estimate of drug-likeness (QED) is 0.591. The first-order valence-corrected chi connectivity index (χ1v) is 11.7. The molecule has 1 aromatic heterocycles. The minimum Gasteiger partial charge on any atom is -0.480 e. The van der Waals surface area contributed by atoms with E-state index in [0.29, 0.717) is 50.8 Å². The summed E-state index contributed by atoms with van der Waals surface area (Å²) >= 11 is 0. The molecule has 34 heavy (non-hydrogen) atoms. The lowest BCUT2D eigenvalue weighted by Gasteiger charge is -2.38. The third kappa shape index (κ3) is 5.13. The Morgan fingerprint density at radius 2 is 2.00 bits per heavy atom. The van der Waals surface area contributed by atoms with E-state index in [1.807, 2.05) is 36.1 Å². The number of carbonyl (C=O) groups excluding carboxylic acids is 1. The molecule has 0 aliphatic carbocycles. The number of nitrogens with one attached hydrogen (secondary N) is 2. The first kappa shape index (κ1) is 23.9. The van der Waals surface area contributed by atoms with Crippen molar-refractivity contribution in [3.05, 3.63) is 35.5 Å². The van der Waals surface area contributed by atoms with E-state index in [4.69, 9.17) is 14.7 Å². The first-order valence-electron chi connectivity index (χ1n) is 11.7. The monoisotopic (exact) mass is 468 g/mol. The molecule has 2 aliphatic rings. The van der Waals surface area contributed by atoms with Gasteiger partial charge in [0.15, 0.2) is 5.82 Å². The molecule has 1 aromatic carbocycles. The van der Waals surface area contributed by atoms with E-state index in [1.165, 1.54) is 0 Å². The van der Waals surface area contributed by atoms with Gasteiger partial charge in [-0.05, 0) is 51.5 Å². The molecule has 0 saturated carbocycles. The summed E-state index contributed by atoms with van der Waals surface area (Å²) in [5.41, 5.74) is 3.45. The SMILES string of the molecule is CCNC(=O)Nc1ccc(-c2nc3c(c(N4CCOCC4C)n2)CCN([C@@H](C)C(=O)O)C3)cc1. The number of hydrogen-bond donors (Lipinski definition) is 3. The molecular formula is C24H32N6O4. The summed E-state index contributed by atoms with van der Waals surface area (Å²) < 4.78 is 5.63. The highest BCUT2D eigenvalue weighted by Crippen LogP contribution is 2.32. The Balaban J connectivity index is 1.69. The summed E-state index contributed by atoms with van der Waals surface area (Å²) in [6.07, 6.45) is 0.696. The Morgan fingerprint density at radius 1 is 1.24 bits per heavy atom. The number of carboxylic acids is 1. The Hall–Kier alpha value is -3.24. The third-order valence-corrected chi connectivity index (χ3v) is 6.36. The van der Waals surface area contributed by atoms with Crippen molar-refractivity contribution < 1.29 is 19.4 Å². The molecule has 1 fully saturated rings. The first-order chi connectivity index (χ1) is 16.4. The van der Waals surface area contributed by atoms with Gasteiger partial charge in [0.1, 0.15) is 11.9 Å². The lowest BCUT2D eigenvalue weighted by molar-refractivity contribution is -0.143. The highest BCUT2D eigenvalue weighted by Gasteiger charge is 2.31. The van der Waals surface area contributed by atoms with Gasteiger partial charge in [-0.25, -0.2) is 14.8 Å². The molecule has 0 radical (unpaired) electrons. The number of benzene rings is 1. The summed E-state index contributed by atoms with van der Waals surface area (Å²) in [6.45, 7) is 9.37. The fourth-order valence-corrected chi connectivity index (χ4v) is 4.36. The van der Waals surface area contributed by atoms with E-state index in [0.717, 1.165) is 29.2 Å². The highest BCUT2D eigenvalue weighted by atomic mass is 16.5. The zero-order chi connectivity index (χ0) is 24.2. The molecular weight excluding hydrogens is 436 g/mol. The third-order valence-electron chi connectivity index (χ3n) is 6.36. The van der Waals surface area contributed by atoms with Gasteiger partial charge in [0, 0.05) is 43.0 Å². The van der Waals surface area contributed by atoms with Crippen LogP contribution in [0.25, 0.3) is 11.4 Å². The summed E-state index contributed by atoms with van der Waals surface area (Å²) in [6, 6.07) is 6.76. The van der Waals surface area contributed by atoms with Gasteiger partial charge < -0.3 is 25.4 Å². The van der Waals surface area contributed by atoms with Gasteiger partial charge in [-0.15, -0.1) is 0 Å². The van der Waals surface area contributed by atoms with Gasteiger partial charge >= 0.3 is 12.0 Å². The largest absolute Gasteiger partial charge is 0.480 e. The molecule has 10 nitrogen and oxygen atoms in total. The second-order valence-electron chi connectivity index (χ2n) is 8.71. The van der Waals surface area contributed by atoms with Gasteiger partial charge in [0.05, 0.1) is 24.9 Å². The van der Waals surface area contributed by atoms with Crippen molar-refractivity contribution in [2.24, 2.45) is 0 Å². The standard InChI is InChI=1S/C24H32N6O4/c1-4-25-24(33)26-18-7-5-17(6-8-18)21-27-20-13-29(16(3)23(31)32)10-9-19(20)22(28-21)30-11-12-34-14-15(30)2/h5-8,15-16H,4,9-14H2,1-3H3,(H,31,32)(H2,25,26,33)/t15?,16-/m0/s1. The Labute approximate surface area is 199 Å². The van der Waals surface area contributed by atoms with Crippen LogP contribution in [0.1, 0.15) is 32.0 Å². The Bertz CT molecular complexity index is 1040. The molecule has 10 heteroatoms. The molecule has 3 N–H and O–H groups in total. The molecule has 2 amide bonds. The second kappa shape index (κ2) is 10.4. The molecule has 2 aromatic rings. The maximum absolute atomic E-state index is 11.8. The number of hydrogen-bond acceptors (Lipinski definition) is 7. The van der Waals surface area contributed by atoms with Crippen LogP contribution in [-0.2, 0) is 22.5 Å². The van der Waals surface area contributed by atoms with Crippen molar-refractivity contribution in [2.45, 2.75) is 45.8 Å². The van der Waals surface area contributed by atoms with Crippen LogP contribution in [-0.4, -0.2) is 76.9 Å². The summed E-state index contributed by atoms with van der Waals surface area (Å²) in [5.74, 6) is 0.653. The van der Waals surface area contributed by atoms with Gasteiger partial charge in [-0.2, -0.15) is 0 Å². The van der Waals surface area contributed by atoms with E-state index >= 15 is 0 Å². The maximum Gasteiger partial charge on any atom is 0.320 e. The molecule has 1 saturated heterocycles. The van der Waals surface area contributed by atoms with Crippen LogP contribution in [0, 0.1) is 0 Å². The number of rotatable bonds is 6. The van der Waals surface area contributed by atoms with Crippen LogP contribution in [0.4, 0.5) is 16.3 Å². The number of morpholine rings is 1. The van der Waals surface area contributed by atoms with Crippen molar-refractivity contribution in [1.29, 1.82) is 0 Å². The zero-order valence-electron chi connectivity index (χ0n) is 19.9. The minimum atomic E-state index is -0.838. The van der Waals surface area contributed by atoms with E-state index < -0.39 is 12.0 Å². The number of carboxylic acid groups (broad SMARTS) is 1. The van der Waals surface area contributed by atoms with Crippen LogP contribution >= 0.6 is 0 Å². The van der Waals surface area contributed by atoms with E-state index in [-0.39, 0.29) is 12.1 Å². The van der Waals surface area contributed by atoms with Crippen molar-refractivity contribution in [3.8, 4) is 11.4 Å². The fraction of sp³-hybridized carbons (Fsp3) is 0.500. The van der Waals surface area contributed by atoms with Gasteiger partial charge in [-0.1, -0.05) is 0 Å². The predicted molar refractivity (Wildman–Crippen MR) is 129 cm³/mol. The predicted octanol–water partition coefficient (Wildman–Crippen LogP) is 2.34. The van der Waals surface area contributed by atoms with E-state index in [9.17, 15) is 14.7 Å². The molecule has 2 aliphatic heterocycles. The molecule has 0 spiro atoms. The molecule has 4 rings (SSSR count). The van der Waals surface area contributed by atoms with E-state index in [1.54, 1.807) is 6.92 Å². The zero-order valence-corrected chi connectivity index (χ0v) is 19.9. The fourth-order valence-electron chi connectivity index (χ4n) is 4.36. The smallest absolute Gasteiger partial charge is 0.320 e. The number of nitrogens with zero attached hydrogens (tertiary/aromatic N) is 4. The molecule has 1 unspecified atom stereocenters. The van der Waals surface area contributed by atoms with Crippen LogP contribution in [0.15, 0.2) is 24.3 Å². The van der Waals surface area contributed by atoms with Crippen LogP contribution in [0.2, 0.25) is 0 Å². The Morgan fingerprint density at radius 3 is 2.68 bits per heavy atom. The van der Waals surface area contributed by atoms with E-state index in [2.05, 4.69) is 22.5 Å². The van der Waals surface area contributed by atoms with Crippen molar-refractivity contribution in [3.63, 3.8) is 0 Å². The van der Waals surface area contributed by atoms with Crippen molar-refractivity contribution in [2.75, 3.05) is 43.1 Å². The molecule has 3 heterocycles. The summed E-state index contributed by atoms with van der Waals surface area (Å²) in [4.78, 5) is 37.4. The lowest BCUT2D eigenvalue weighted by atomic mass is 10.0. The number of fused-ring (bicyclic) bond motifs is 1.